The largest absolute Gasteiger partial charge is 0.368 e. The lowest BCUT2D eigenvalue weighted by Gasteiger charge is -2.40. The molecular formula is C18H21N7OS. The van der Waals surface area contributed by atoms with Gasteiger partial charge >= 0.3 is 6.03 Å². The van der Waals surface area contributed by atoms with Crippen molar-refractivity contribution in [1.29, 1.82) is 0 Å². The van der Waals surface area contributed by atoms with Gasteiger partial charge in [0.1, 0.15) is 5.52 Å². The van der Waals surface area contributed by atoms with Gasteiger partial charge in [-0.1, -0.05) is 30.3 Å². The molecule has 0 aliphatic carbocycles. The third-order valence-electron chi connectivity index (χ3n) is 4.67. The van der Waals surface area contributed by atoms with Gasteiger partial charge < -0.3 is 20.9 Å². The molecule has 2 aromatic heterocycles. The predicted molar refractivity (Wildman–Crippen MR) is 107 cm³/mol. The molecule has 140 valence electrons. The van der Waals surface area contributed by atoms with Crippen LogP contribution >= 0.6 is 11.3 Å². The number of aromatic nitrogens is 3. The fourth-order valence-electron chi connectivity index (χ4n) is 3.31. The molecule has 1 atom stereocenters. The Balaban J connectivity index is 1.43. The molecule has 1 saturated heterocycles. The monoisotopic (exact) mass is 383 g/mol. The number of benzene rings is 1. The topological polar surface area (TPSA) is 100 Å². The number of carbonyl (C=O) groups is 1. The zero-order valence-corrected chi connectivity index (χ0v) is 15.8. The van der Waals surface area contributed by atoms with Crippen LogP contribution in [0.25, 0.3) is 10.3 Å². The average molecular weight is 383 g/mol. The molecular weight excluding hydrogens is 362 g/mol. The highest BCUT2D eigenvalue weighted by atomic mass is 32.1. The van der Waals surface area contributed by atoms with Crippen molar-refractivity contribution in [2.24, 2.45) is 0 Å². The summed E-state index contributed by atoms with van der Waals surface area (Å²) >= 11 is 1.45. The summed E-state index contributed by atoms with van der Waals surface area (Å²) < 4.78 is 0. The number of hydrogen-bond donors (Lipinski definition) is 2. The van der Waals surface area contributed by atoms with E-state index in [0.29, 0.717) is 26.2 Å². The molecule has 1 fully saturated rings. The van der Waals surface area contributed by atoms with Crippen LogP contribution in [0, 0.1) is 0 Å². The number of nitrogens with one attached hydrogen (secondary N) is 1. The van der Waals surface area contributed by atoms with E-state index in [0.717, 1.165) is 21.7 Å². The van der Waals surface area contributed by atoms with Crippen LogP contribution in [0.15, 0.2) is 35.8 Å². The molecule has 9 heteroatoms. The lowest BCUT2D eigenvalue weighted by atomic mass is 10.2. The van der Waals surface area contributed by atoms with Crippen LogP contribution in [0.1, 0.15) is 12.5 Å². The third-order valence-corrected chi connectivity index (χ3v) is 5.39. The van der Waals surface area contributed by atoms with E-state index in [-0.39, 0.29) is 18.0 Å². The van der Waals surface area contributed by atoms with Gasteiger partial charge in [-0.2, -0.15) is 4.98 Å². The van der Waals surface area contributed by atoms with E-state index < -0.39 is 0 Å². The van der Waals surface area contributed by atoms with Crippen LogP contribution in [0.4, 0.5) is 16.6 Å². The quantitative estimate of drug-likeness (QED) is 0.718. The number of nitrogens with zero attached hydrogens (tertiary/aromatic N) is 5. The first-order chi connectivity index (χ1) is 13.1. The molecule has 2 amide bonds. The zero-order chi connectivity index (χ0) is 18.8. The maximum atomic E-state index is 12.5. The van der Waals surface area contributed by atoms with Crippen LogP contribution in [0.5, 0.6) is 0 Å². The summed E-state index contributed by atoms with van der Waals surface area (Å²) in [5.41, 5.74) is 9.46. The molecule has 8 nitrogen and oxygen atoms in total. The van der Waals surface area contributed by atoms with E-state index in [1.54, 1.807) is 5.51 Å². The Hall–Kier alpha value is -2.94. The van der Waals surface area contributed by atoms with Crippen LogP contribution in [-0.2, 0) is 6.54 Å². The number of nitrogen functional groups attached to an aromatic ring is 1. The number of fused-ring (bicyclic) bond motifs is 1. The minimum atomic E-state index is -0.0497. The standard InChI is InChI=1S/C18H21N7OS/c1-12-10-24(18(26)20-9-13-5-3-2-4-6-13)7-8-25(12)15-14-16(27-11-21-14)23-17(19)22-15/h2-6,11-12H,7-10H2,1H3,(H,20,26)(H2,19,22,23)/t12-/m0/s1. The Morgan fingerprint density at radius 2 is 2.11 bits per heavy atom. The van der Waals surface area contributed by atoms with Crippen LogP contribution < -0.4 is 16.0 Å². The van der Waals surface area contributed by atoms with Gasteiger partial charge in [-0.25, -0.2) is 14.8 Å². The Bertz CT molecular complexity index is 945. The predicted octanol–water partition coefficient (Wildman–Crippen LogP) is 2.09. The lowest BCUT2D eigenvalue weighted by molar-refractivity contribution is 0.186. The molecule has 0 unspecified atom stereocenters. The van der Waals surface area contributed by atoms with Gasteiger partial charge in [0.2, 0.25) is 5.95 Å². The number of piperazine rings is 1. The Kier molecular flexibility index (Phi) is 4.76. The molecule has 0 radical (unpaired) electrons. The van der Waals surface area contributed by atoms with Crippen LogP contribution in [0.2, 0.25) is 0 Å². The van der Waals surface area contributed by atoms with Gasteiger partial charge in [-0.05, 0) is 12.5 Å². The van der Waals surface area contributed by atoms with Crippen LogP contribution in [0.3, 0.4) is 0 Å². The van der Waals surface area contributed by atoms with Gasteiger partial charge in [-0.3, -0.25) is 0 Å². The number of thiazole rings is 1. The van der Waals surface area contributed by atoms with E-state index in [1.807, 2.05) is 35.2 Å². The van der Waals surface area contributed by atoms with Crippen LogP contribution in [-0.4, -0.2) is 51.6 Å². The first kappa shape index (κ1) is 17.5. The molecule has 1 aliphatic heterocycles. The molecule has 1 aliphatic rings. The number of nitrogens with two attached hydrogens (primary N) is 1. The minimum Gasteiger partial charge on any atom is -0.368 e. The maximum absolute atomic E-state index is 12.5. The Morgan fingerprint density at radius 3 is 2.89 bits per heavy atom. The lowest BCUT2D eigenvalue weighted by Crippen LogP contribution is -2.56. The highest BCUT2D eigenvalue weighted by molar-refractivity contribution is 7.16. The fraction of sp³-hybridized carbons (Fsp3) is 0.333. The molecule has 4 rings (SSSR count). The summed E-state index contributed by atoms with van der Waals surface area (Å²) in [4.78, 5) is 30.3. The number of carbonyl (C=O) groups excluding carboxylic acids is 1. The van der Waals surface area contributed by atoms with Gasteiger partial charge in [0.15, 0.2) is 10.6 Å². The van der Waals surface area contributed by atoms with Crippen molar-refractivity contribution in [2.75, 3.05) is 30.3 Å². The number of rotatable bonds is 3. The van der Waals surface area contributed by atoms with Gasteiger partial charge in [0.25, 0.3) is 0 Å². The molecule has 0 saturated carbocycles. The Morgan fingerprint density at radius 1 is 1.30 bits per heavy atom. The second-order valence-corrected chi connectivity index (χ2v) is 7.38. The molecule has 3 heterocycles. The summed E-state index contributed by atoms with van der Waals surface area (Å²) in [7, 11) is 0. The Labute approximate surface area is 161 Å². The summed E-state index contributed by atoms with van der Waals surface area (Å²) in [6.45, 7) is 4.49. The minimum absolute atomic E-state index is 0.0497. The van der Waals surface area contributed by atoms with Crippen molar-refractivity contribution >= 4 is 39.5 Å². The third kappa shape index (κ3) is 3.63. The maximum Gasteiger partial charge on any atom is 0.317 e. The SMILES string of the molecule is C[C@H]1CN(C(=O)NCc2ccccc2)CCN1c1nc(N)nc2scnc12. The van der Waals surface area contributed by atoms with Crippen molar-refractivity contribution < 1.29 is 4.79 Å². The molecule has 3 aromatic rings. The van der Waals surface area contributed by atoms with E-state index in [1.165, 1.54) is 11.3 Å². The number of urea groups is 1. The first-order valence-electron chi connectivity index (χ1n) is 8.82. The van der Waals surface area contributed by atoms with Crippen molar-refractivity contribution in [2.45, 2.75) is 19.5 Å². The van der Waals surface area contributed by atoms with Gasteiger partial charge in [0.05, 0.1) is 5.51 Å². The summed E-state index contributed by atoms with van der Waals surface area (Å²) in [6, 6.07) is 9.95. The first-order valence-corrected chi connectivity index (χ1v) is 9.70. The second kappa shape index (κ2) is 7.36. The molecule has 27 heavy (non-hydrogen) atoms. The summed E-state index contributed by atoms with van der Waals surface area (Å²) in [6.07, 6.45) is 0. The van der Waals surface area contributed by atoms with Crippen molar-refractivity contribution in [3.63, 3.8) is 0 Å². The van der Waals surface area contributed by atoms with Gasteiger partial charge in [0, 0.05) is 32.2 Å². The van der Waals surface area contributed by atoms with E-state index in [9.17, 15) is 4.79 Å². The van der Waals surface area contributed by atoms with Crippen molar-refractivity contribution in [1.82, 2.24) is 25.2 Å². The van der Waals surface area contributed by atoms with E-state index in [4.69, 9.17) is 5.73 Å². The average Bonchev–Trinajstić information content (AvgIpc) is 3.14. The van der Waals surface area contributed by atoms with Crippen molar-refractivity contribution in [3.8, 4) is 0 Å². The molecule has 0 spiro atoms. The summed E-state index contributed by atoms with van der Waals surface area (Å²) in [5, 5.41) is 2.99. The summed E-state index contributed by atoms with van der Waals surface area (Å²) in [5.74, 6) is 0.993. The number of amides is 2. The second-order valence-electron chi connectivity index (χ2n) is 6.54. The number of anilines is 2. The normalized spacial score (nSPS) is 17.3. The smallest absolute Gasteiger partial charge is 0.317 e. The number of hydrogen-bond acceptors (Lipinski definition) is 7. The van der Waals surface area contributed by atoms with Gasteiger partial charge in [-0.15, -0.1) is 11.3 Å². The fourth-order valence-corrected chi connectivity index (χ4v) is 3.97. The van der Waals surface area contributed by atoms with E-state index in [2.05, 4.69) is 32.1 Å². The molecule has 3 N–H and O–H groups in total. The van der Waals surface area contributed by atoms with Crippen molar-refractivity contribution in [3.05, 3.63) is 41.4 Å². The molecule has 1 aromatic carbocycles. The zero-order valence-electron chi connectivity index (χ0n) is 15.0. The molecule has 0 bridgehead atoms. The van der Waals surface area contributed by atoms with E-state index >= 15 is 0 Å². The highest BCUT2D eigenvalue weighted by Crippen LogP contribution is 2.28. The highest BCUT2D eigenvalue weighted by Gasteiger charge is 2.29.